The number of benzene rings is 1. The normalized spacial score (nSPS) is 17.1. The molecular weight excluding hydrogens is 304 g/mol. The summed E-state index contributed by atoms with van der Waals surface area (Å²) in [5, 5.41) is 16.7. The maximum Gasteiger partial charge on any atom is 0.329 e. The molecule has 0 aliphatic carbocycles. The Morgan fingerprint density at radius 2 is 2.26 bits per heavy atom. The highest BCUT2D eigenvalue weighted by Gasteiger charge is 2.18. The first-order valence-electron chi connectivity index (χ1n) is 7.03. The Labute approximate surface area is 131 Å². The van der Waals surface area contributed by atoms with Crippen molar-refractivity contribution in [1.29, 1.82) is 0 Å². The molecule has 0 bridgehead atoms. The molecule has 1 aromatic rings. The van der Waals surface area contributed by atoms with Crippen LogP contribution < -0.4 is 10.7 Å². The number of rotatable bonds is 5. The van der Waals surface area contributed by atoms with Crippen LogP contribution in [0, 0.1) is 10.1 Å². The van der Waals surface area contributed by atoms with Gasteiger partial charge in [0.15, 0.2) is 0 Å². The fraction of sp³-hybridized carbons (Fsp3) is 0.357. The van der Waals surface area contributed by atoms with Gasteiger partial charge >= 0.3 is 11.8 Å². The van der Waals surface area contributed by atoms with E-state index in [0.717, 1.165) is 12.8 Å². The minimum Gasteiger partial charge on any atom is -0.376 e. The van der Waals surface area contributed by atoms with Crippen LogP contribution in [0.4, 0.5) is 5.69 Å². The lowest BCUT2D eigenvalue weighted by molar-refractivity contribution is -0.384. The van der Waals surface area contributed by atoms with Crippen molar-refractivity contribution in [2.45, 2.75) is 18.9 Å². The Bertz CT molecular complexity index is 625. The van der Waals surface area contributed by atoms with Crippen molar-refractivity contribution in [3.05, 3.63) is 39.9 Å². The molecule has 1 aromatic carbocycles. The van der Waals surface area contributed by atoms with Gasteiger partial charge in [-0.3, -0.25) is 19.7 Å². The van der Waals surface area contributed by atoms with Gasteiger partial charge in [-0.25, -0.2) is 5.43 Å². The Morgan fingerprint density at radius 1 is 1.43 bits per heavy atom. The molecule has 122 valence electrons. The average molecular weight is 320 g/mol. The van der Waals surface area contributed by atoms with Crippen LogP contribution in [0.1, 0.15) is 18.4 Å². The number of amides is 2. The summed E-state index contributed by atoms with van der Waals surface area (Å²) in [6.07, 6.45) is 2.96. The highest BCUT2D eigenvalue weighted by Crippen LogP contribution is 2.11. The number of hydrogen-bond donors (Lipinski definition) is 2. The van der Waals surface area contributed by atoms with E-state index in [1.807, 2.05) is 0 Å². The lowest BCUT2D eigenvalue weighted by Gasteiger charge is -2.09. The SMILES string of the molecule is O=C(NCC1CCCO1)C(=O)NN=Cc1cccc([N+](=O)[O-])c1. The smallest absolute Gasteiger partial charge is 0.329 e. The van der Waals surface area contributed by atoms with Crippen molar-refractivity contribution in [3.8, 4) is 0 Å². The monoisotopic (exact) mass is 320 g/mol. The number of ether oxygens (including phenoxy) is 1. The largest absolute Gasteiger partial charge is 0.376 e. The molecular formula is C14H16N4O5. The molecule has 0 saturated carbocycles. The van der Waals surface area contributed by atoms with E-state index in [1.165, 1.54) is 24.4 Å². The fourth-order valence-corrected chi connectivity index (χ4v) is 2.03. The van der Waals surface area contributed by atoms with Gasteiger partial charge < -0.3 is 10.1 Å². The Hall–Kier alpha value is -2.81. The van der Waals surface area contributed by atoms with Gasteiger partial charge in [-0.2, -0.15) is 5.10 Å². The van der Waals surface area contributed by atoms with E-state index in [-0.39, 0.29) is 18.3 Å². The van der Waals surface area contributed by atoms with Crippen LogP contribution >= 0.6 is 0 Å². The van der Waals surface area contributed by atoms with Crippen LogP contribution in [0.25, 0.3) is 0 Å². The van der Waals surface area contributed by atoms with E-state index in [1.54, 1.807) is 6.07 Å². The number of hydrogen-bond acceptors (Lipinski definition) is 6. The molecule has 2 N–H and O–H groups in total. The lowest BCUT2D eigenvalue weighted by Crippen LogP contribution is -2.41. The Kier molecular flexibility index (Phi) is 5.75. The zero-order valence-electron chi connectivity index (χ0n) is 12.2. The summed E-state index contributed by atoms with van der Waals surface area (Å²) in [5.41, 5.74) is 2.40. The summed E-state index contributed by atoms with van der Waals surface area (Å²) in [5.74, 6) is -1.72. The number of nitro benzene ring substituents is 1. The van der Waals surface area contributed by atoms with Crippen LogP contribution in [0.2, 0.25) is 0 Å². The predicted octanol–water partition coefficient (Wildman–Crippen LogP) is 0.340. The second kappa shape index (κ2) is 7.99. The Balaban J connectivity index is 1.79. The second-order valence-corrected chi connectivity index (χ2v) is 4.90. The van der Waals surface area contributed by atoms with E-state index in [9.17, 15) is 19.7 Å². The van der Waals surface area contributed by atoms with Crippen molar-refractivity contribution in [3.63, 3.8) is 0 Å². The van der Waals surface area contributed by atoms with Crippen LogP contribution in [0.15, 0.2) is 29.4 Å². The zero-order valence-corrected chi connectivity index (χ0v) is 12.2. The molecule has 0 spiro atoms. The number of hydrazone groups is 1. The number of nitrogens with one attached hydrogen (secondary N) is 2. The van der Waals surface area contributed by atoms with Gasteiger partial charge in [0.2, 0.25) is 0 Å². The van der Waals surface area contributed by atoms with E-state index in [2.05, 4.69) is 15.8 Å². The predicted molar refractivity (Wildman–Crippen MR) is 80.8 cm³/mol. The maximum atomic E-state index is 11.5. The average Bonchev–Trinajstić information content (AvgIpc) is 3.06. The van der Waals surface area contributed by atoms with Gasteiger partial charge in [-0.15, -0.1) is 0 Å². The molecule has 0 radical (unpaired) electrons. The number of nitrogens with zero attached hydrogens (tertiary/aromatic N) is 2. The van der Waals surface area contributed by atoms with Crippen molar-refractivity contribution in [2.75, 3.05) is 13.2 Å². The molecule has 9 nitrogen and oxygen atoms in total. The van der Waals surface area contributed by atoms with E-state index >= 15 is 0 Å². The molecule has 1 fully saturated rings. The van der Waals surface area contributed by atoms with Crippen molar-refractivity contribution < 1.29 is 19.2 Å². The molecule has 1 heterocycles. The topological polar surface area (TPSA) is 123 Å². The zero-order chi connectivity index (χ0) is 16.7. The van der Waals surface area contributed by atoms with Crippen LogP contribution in [-0.4, -0.2) is 42.2 Å². The summed E-state index contributed by atoms with van der Waals surface area (Å²) in [6, 6.07) is 5.72. The summed E-state index contributed by atoms with van der Waals surface area (Å²) in [4.78, 5) is 33.2. The van der Waals surface area contributed by atoms with E-state index in [4.69, 9.17) is 4.74 Å². The minimum atomic E-state index is -0.912. The Morgan fingerprint density at radius 3 is 2.96 bits per heavy atom. The highest BCUT2D eigenvalue weighted by molar-refractivity contribution is 6.35. The van der Waals surface area contributed by atoms with Gasteiger partial charge in [0.25, 0.3) is 5.69 Å². The van der Waals surface area contributed by atoms with Gasteiger partial charge in [0.05, 0.1) is 17.2 Å². The molecule has 1 unspecified atom stereocenters. The van der Waals surface area contributed by atoms with Gasteiger partial charge in [0.1, 0.15) is 0 Å². The third kappa shape index (κ3) is 5.15. The second-order valence-electron chi connectivity index (χ2n) is 4.90. The quantitative estimate of drug-likeness (QED) is 0.350. The van der Waals surface area contributed by atoms with Crippen LogP contribution in [-0.2, 0) is 14.3 Å². The summed E-state index contributed by atoms with van der Waals surface area (Å²) in [7, 11) is 0. The highest BCUT2D eigenvalue weighted by atomic mass is 16.6. The number of nitro groups is 1. The molecule has 23 heavy (non-hydrogen) atoms. The number of carbonyl (C=O) groups is 2. The molecule has 0 aromatic heterocycles. The molecule has 1 saturated heterocycles. The van der Waals surface area contributed by atoms with Crippen LogP contribution in [0.5, 0.6) is 0 Å². The maximum absolute atomic E-state index is 11.5. The van der Waals surface area contributed by atoms with Gasteiger partial charge in [-0.1, -0.05) is 12.1 Å². The first kappa shape index (κ1) is 16.6. The van der Waals surface area contributed by atoms with Crippen molar-refractivity contribution in [2.24, 2.45) is 5.10 Å². The standard InChI is InChI=1S/C14H16N4O5/c19-13(15-9-12-5-2-6-23-12)14(20)17-16-8-10-3-1-4-11(7-10)18(21)22/h1,3-4,7-8,12H,2,5-6,9H2,(H,15,19)(H,17,20). The minimum absolute atomic E-state index is 0.0554. The third-order valence-corrected chi connectivity index (χ3v) is 3.18. The van der Waals surface area contributed by atoms with Crippen LogP contribution in [0.3, 0.4) is 0 Å². The van der Waals surface area contributed by atoms with E-state index in [0.29, 0.717) is 12.2 Å². The molecule has 1 aliphatic heterocycles. The van der Waals surface area contributed by atoms with Crippen molar-refractivity contribution in [1.82, 2.24) is 10.7 Å². The number of non-ortho nitro benzene ring substituents is 1. The van der Waals surface area contributed by atoms with Gasteiger partial charge in [0, 0.05) is 30.8 Å². The third-order valence-electron chi connectivity index (χ3n) is 3.18. The summed E-state index contributed by atoms with van der Waals surface area (Å²) in [6.45, 7) is 0.946. The first-order chi connectivity index (χ1) is 11.1. The molecule has 1 aliphatic rings. The van der Waals surface area contributed by atoms with Crippen molar-refractivity contribution >= 4 is 23.7 Å². The lowest BCUT2D eigenvalue weighted by atomic mass is 10.2. The molecule has 1 atom stereocenters. The molecule has 2 rings (SSSR count). The molecule has 2 amide bonds. The first-order valence-corrected chi connectivity index (χ1v) is 7.03. The molecule has 9 heteroatoms. The van der Waals surface area contributed by atoms with Gasteiger partial charge in [-0.05, 0) is 12.8 Å². The fourth-order valence-electron chi connectivity index (χ4n) is 2.03. The summed E-state index contributed by atoms with van der Waals surface area (Å²) >= 11 is 0. The van der Waals surface area contributed by atoms with E-state index < -0.39 is 16.7 Å². The number of carbonyl (C=O) groups excluding carboxylic acids is 2. The summed E-state index contributed by atoms with van der Waals surface area (Å²) < 4.78 is 5.32.